The molecule has 0 aliphatic rings. The summed E-state index contributed by atoms with van der Waals surface area (Å²) in [5, 5.41) is 10.3. The first-order valence-electron chi connectivity index (χ1n) is 4.68. The van der Waals surface area contributed by atoms with Crippen LogP contribution in [0.2, 0.25) is 0 Å². The van der Waals surface area contributed by atoms with Crippen molar-refractivity contribution in [3.63, 3.8) is 0 Å². The number of hydrogen-bond acceptors (Lipinski definition) is 3. The average molecular weight is 262 g/mol. The number of halogens is 3. The molecular formula is C10H9F3N2O3. The van der Waals surface area contributed by atoms with Crippen LogP contribution in [0.25, 0.3) is 0 Å². The third kappa shape index (κ3) is 3.45. The molecule has 5 nitrogen and oxygen atoms in total. The van der Waals surface area contributed by atoms with E-state index in [1.54, 1.807) is 0 Å². The molecule has 1 aromatic carbocycles. The van der Waals surface area contributed by atoms with Crippen LogP contribution >= 0.6 is 0 Å². The van der Waals surface area contributed by atoms with E-state index in [-0.39, 0.29) is 5.56 Å². The van der Waals surface area contributed by atoms with Crippen molar-refractivity contribution in [1.82, 2.24) is 5.32 Å². The molecule has 0 fully saturated rings. The second-order valence-electron chi connectivity index (χ2n) is 3.37. The van der Waals surface area contributed by atoms with E-state index in [0.29, 0.717) is 6.07 Å². The molecule has 1 aromatic rings. The zero-order chi connectivity index (χ0) is 13.9. The van der Waals surface area contributed by atoms with Gasteiger partial charge >= 0.3 is 12.1 Å². The van der Waals surface area contributed by atoms with Crippen LogP contribution in [-0.2, 0) is 11.0 Å². The standard InChI is InChI=1S/C10H9F3N2O3/c11-10(12,13)6-3-1-2-5(4-6)8(16)15-7(14)9(17)18/h1-4,7H,14H2,(H,15,16)(H,17,18). The SMILES string of the molecule is NC(NC(=O)c1cccc(C(F)(F)F)c1)C(=O)O. The van der Waals surface area contributed by atoms with Crippen LogP contribution in [0.4, 0.5) is 13.2 Å². The number of carboxylic acid groups (broad SMARTS) is 1. The van der Waals surface area contributed by atoms with Gasteiger partial charge in [-0.2, -0.15) is 13.2 Å². The van der Waals surface area contributed by atoms with Crippen molar-refractivity contribution in [2.24, 2.45) is 5.73 Å². The maximum atomic E-state index is 12.4. The molecule has 4 N–H and O–H groups in total. The lowest BCUT2D eigenvalue weighted by molar-refractivity contribution is -0.139. The Morgan fingerprint density at radius 3 is 2.44 bits per heavy atom. The van der Waals surface area contributed by atoms with Gasteiger partial charge in [-0.1, -0.05) is 6.07 Å². The van der Waals surface area contributed by atoms with Gasteiger partial charge in [-0.05, 0) is 18.2 Å². The zero-order valence-corrected chi connectivity index (χ0v) is 8.86. The summed E-state index contributed by atoms with van der Waals surface area (Å²) in [6, 6.07) is 3.58. The van der Waals surface area contributed by atoms with Gasteiger partial charge < -0.3 is 16.2 Å². The molecule has 1 atom stereocenters. The summed E-state index contributed by atoms with van der Waals surface area (Å²) in [6.07, 6.45) is -6.25. The molecule has 18 heavy (non-hydrogen) atoms. The number of rotatable bonds is 3. The minimum absolute atomic E-state index is 0.318. The number of nitrogens with two attached hydrogens (primary N) is 1. The summed E-state index contributed by atoms with van der Waals surface area (Å²) in [6.45, 7) is 0. The highest BCUT2D eigenvalue weighted by Gasteiger charge is 2.31. The largest absolute Gasteiger partial charge is 0.479 e. The number of carboxylic acids is 1. The van der Waals surface area contributed by atoms with Gasteiger partial charge in [0.2, 0.25) is 0 Å². The van der Waals surface area contributed by atoms with Crippen LogP contribution in [0.1, 0.15) is 15.9 Å². The van der Waals surface area contributed by atoms with Crippen LogP contribution in [0, 0.1) is 0 Å². The van der Waals surface area contributed by atoms with E-state index >= 15 is 0 Å². The maximum Gasteiger partial charge on any atom is 0.416 e. The first kappa shape index (κ1) is 14.0. The maximum absolute atomic E-state index is 12.4. The molecule has 0 saturated heterocycles. The Kier molecular flexibility index (Phi) is 3.92. The molecule has 0 bridgehead atoms. The van der Waals surface area contributed by atoms with Crippen molar-refractivity contribution < 1.29 is 27.9 Å². The Labute approximate surface area is 99.4 Å². The van der Waals surface area contributed by atoms with Gasteiger partial charge in [0.05, 0.1) is 5.56 Å². The summed E-state index contributed by atoms with van der Waals surface area (Å²) in [5.41, 5.74) is 3.71. The fraction of sp³-hybridized carbons (Fsp3) is 0.200. The number of amides is 1. The molecule has 1 rings (SSSR count). The van der Waals surface area contributed by atoms with Crippen molar-refractivity contribution in [2.45, 2.75) is 12.3 Å². The summed E-state index contributed by atoms with van der Waals surface area (Å²) in [5.74, 6) is -2.48. The van der Waals surface area contributed by atoms with Crippen molar-refractivity contribution in [3.8, 4) is 0 Å². The Balaban J connectivity index is 2.91. The van der Waals surface area contributed by atoms with Gasteiger partial charge in [0.15, 0.2) is 6.17 Å². The fourth-order valence-corrected chi connectivity index (χ4v) is 1.12. The van der Waals surface area contributed by atoms with Crippen molar-refractivity contribution in [1.29, 1.82) is 0 Å². The van der Waals surface area contributed by atoms with Gasteiger partial charge in [0.1, 0.15) is 0 Å². The van der Waals surface area contributed by atoms with E-state index in [2.05, 4.69) is 0 Å². The first-order valence-corrected chi connectivity index (χ1v) is 4.68. The van der Waals surface area contributed by atoms with E-state index in [4.69, 9.17) is 10.8 Å². The molecule has 0 spiro atoms. The predicted octanol–water partition coefficient (Wildman–Crippen LogP) is 0.805. The van der Waals surface area contributed by atoms with Gasteiger partial charge in [0.25, 0.3) is 5.91 Å². The second kappa shape index (κ2) is 5.05. The lowest BCUT2D eigenvalue weighted by Crippen LogP contribution is -2.47. The van der Waals surface area contributed by atoms with Crippen LogP contribution in [0.3, 0.4) is 0 Å². The quantitative estimate of drug-likeness (QED) is 0.702. The smallest absolute Gasteiger partial charge is 0.416 e. The fourth-order valence-electron chi connectivity index (χ4n) is 1.12. The van der Waals surface area contributed by atoms with Gasteiger partial charge in [0, 0.05) is 5.56 Å². The molecule has 0 heterocycles. The highest BCUT2D eigenvalue weighted by Crippen LogP contribution is 2.29. The van der Waals surface area contributed by atoms with Gasteiger partial charge in [-0.25, -0.2) is 4.79 Å². The predicted molar refractivity (Wildman–Crippen MR) is 54.5 cm³/mol. The van der Waals surface area contributed by atoms with E-state index in [1.807, 2.05) is 5.32 Å². The minimum atomic E-state index is -4.58. The third-order valence-electron chi connectivity index (χ3n) is 2.00. The number of alkyl halides is 3. The van der Waals surface area contributed by atoms with Gasteiger partial charge in [-0.3, -0.25) is 4.79 Å². The minimum Gasteiger partial charge on any atom is -0.479 e. The van der Waals surface area contributed by atoms with Crippen LogP contribution < -0.4 is 11.1 Å². The Bertz CT molecular complexity index is 474. The highest BCUT2D eigenvalue weighted by molar-refractivity contribution is 5.96. The lowest BCUT2D eigenvalue weighted by Gasteiger charge is -2.11. The molecule has 8 heteroatoms. The van der Waals surface area contributed by atoms with Crippen LogP contribution in [-0.4, -0.2) is 23.1 Å². The van der Waals surface area contributed by atoms with E-state index < -0.39 is 29.8 Å². The summed E-state index contributed by atoms with van der Waals surface area (Å²) < 4.78 is 37.1. The van der Waals surface area contributed by atoms with E-state index in [0.717, 1.165) is 18.2 Å². The number of carbonyl (C=O) groups is 2. The number of hydrogen-bond donors (Lipinski definition) is 3. The summed E-state index contributed by atoms with van der Waals surface area (Å²) >= 11 is 0. The third-order valence-corrected chi connectivity index (χ3v) is 2.00. The highest BCUT2D eigenvalue weighted by atomic mass is 19.4. The topological polar surface area (TPSA) is 92.4 Å². The summed E-state index contributed by atoms with van der Waals surface area (Å²) in [4.78, 5) is 21.8. The van der Waals surface area contributed by atoms with Crippen molar-refractivity contribution >= 4 is 11.9 Å². The molecule has 0 aliphatic carbocycles. The molecule has 0 saturated carbocycles. The number of benzene rings is 1. The van der Waals surface area contributed by atoms with Crippen LogP contribution in [0.5, 0.6) is 0 Å². The summed E-state index contributed by atoms with van der Waals surface area (Å²) in [7, 11) is 0. The molecule has 0 aliphatic heterocycles. The number of aliphatic carboxylic acids is 1. The molecule has 0 radical (unpaired) electrons. The molecule has 1 unspecified atom stereocenters. The van der Waals surface area contributed by atoms with Crippen molar-refractivity contribution in [2.75, 3.05) is 0 Å². The Morgan fingerprint density at radius 1 is 1.33 bits per heavy atom. The molecule has 1 amide bonds. The molecule has 0 aromatic heterocycles. The van der Waals surface area contributed by atoms with Gasteiger partial charge in [-0.15, -0.1) is 0 Å². The molecule has 98 valence electrons. The lowest BCUT2D eigenvalue weighted by atomic mass is 10.1. The van der Waals surface area contributed by atoms with E-state index in [1.165, 1.54) is 0 Å². The first-order chi connectivity index (χ1) is 8.21. The monoisotopic (exact) mass is 262 g/mol. The van der Waals surface area contributed by atoms with Crippen molar-refractivity contribution in [3.05, 3.63) is 35.4 Å². The van der Waals surface area contributed by atoms with E-state index in [9.17, 15) is 22.8 Å². The molecular weight excluding hydrogens is 253 g/mol. The Hall–Kier alpha value is -2.09. The second-order valence-corrected chi connectivity index (χ2v) is 3.37. The zero-order valence-electron chi connectivity index (χ0n) is 8.86. The number of nitrogens with one attached hydrogen (secondary N) is 1. The average Bonchev–Trinajstić information content (AvgIpc) is 2.27. The number of carbonyl (C=O) groups excluding carboxylic acids is 1. The normalized spacial score (nSPS) is 12.9. The Morgan fingerprint density at radius 2 is 1.94 bits per heavy atom. The van der Waals surface area contributed by atoms with Crippen LogP contribution in [0.15, 0.2) is 24.3 Å².